The van der Waals surface area contributed by atoms with E-state index in [-0.39, 0.29) is 0 Å². The molecule has 0 amide bonds. The second-order valence-corrected chi connectivity index (χ2v) is 6.96. The lowest BCUT2D eigenvalue weighted by Gasteiger charge is -2.39. The van der Waals surface area contributed by atoms with Crippen LogP contribution in [0.5, 0.6) is 0 Å². The predicted molar refractivity (Wildman–Crippen MR) is 86.2 cm³/mol. The molecule has 0 aliphatic carbocycles. The molecule has 110 valence electrons. The van der Waals surface area contributed by atoms with Crippen molar-refractivity contribution in [2.24, 2.45) is 5.41 Å². The lowest BCUT2D eigenvalue weighted by Crippen LogP contribution is -2.37. The Bertz CT molecular complexity index is 458. The summed E-state index contributed by atoms with van der Waals surface area (Å²) in [6, 6.07) is 7.02. The summed E-state index contributed by atoms with van der Waals surface area (Å²) < 4.78 is 0. The van der Waals surface area contributed by atoms with Crippen molar-refractivity contribution < 1.29 is 0 Å². The van der Waals surface area contributed by atoms with E-state index >= 15 is 0 Å². The summed E-state index contributed by atoms with van der Waals surface area (Å²) in [5.41, 5.74) is 4.96. The van der Waals surface area contributed by atoms with Crippen molar-refractivity contribution in [3.05, 3.63) is 29.3 Å². The van der Waals surface area contributed by atoms with Crippen molar-refractivity contribution in [3.63, 3.8) is 0 Å². The third-order valence-corrected chi connectivity index (χ3v) is 5.43. The largest absolute Gasteiger partial charge is 0.385 e. The standard InChI is InChI=1S/C18H28N2/c1-3-18(2)8-11-20(12-9-18)14-15-6-7-17-16(13-15)5-4-10-19-17/h6-7,13,19H,3-5,8-12,14H2,1-2H3. The molecule has 0 radical (unpaired) electrons. The first kappa shape index (κ1) is 13.9. The van der Waals surface area contributed by atoms with Gasteiger partial charge in [0.1, 0.15) is 0 Å². The number of hydrogen-bond acceptors (Lipinski definition) is 2. The molecule has 3 rings (SSSR count). The summed E-state index contributed by atoms with van der Waals surface area (Å²) in [4.78, 5) is 2.63. The second-order valence-electron chi connectivity index (χ2n) is 6.96. The zero-order chi connectivity index (χ0) is 14.0. The molecule has 0 bridgehead atoms. The van der Waals surface area contributed by atoms with E-state index in [1.165, 1.54) is 62.0 Å². The Balaban J connectivity index is 1.61. The highest BCUT2D eigenvalue weighted by molar-refractivity contribution is 5.54. The summed E-state index contributed by atoms with van der Waals surface area (Å²) in [6.45, 7) is 9.58. The minimum atomic E-state index is 0.594. The number of anilines is 1. The molecule has 0 atom stereocenters. The van der Waals surface area contributed by atoms with Crippen LogP contribution < -0.4 is 5.32 Å². The van der Waals surface area contributed by atoms with Crippen LogP contribution >= 0.6 is 0 Å². The Morgan fingerprint density at radius 3 is 2.80 bits per heavy atom. The van der Waals surface area contributed by atoms with Gasteiger partial charge in [0.2, 0.25) is 0 Å². The quantitative estimate of drug-likeness (QED) is 0.892. The van der Waals surface area contributed by atoms with Crippen LogP contribution in [0, 0.1) is 5.41 Å². The molecule has 1 aromatic rings. The lowest BCUT2D eigenvalue weighted by molar-refractivity contribution is 0.109. The van der Waals surface area contributed by atoms with E-state index in [1.807, 2.05) is 0 Å². The Hall–Kier alpha value is -1.02. The maximum atomic E-state index is 3.50. The van der Waals surface area contributed by atoms with Crippen molar-refractivity contribution in [1.82, 2.24) is 4.90 Å². The minimum absolute atomic E-state index is 0.594. The van der Waals surface area contributed by atoms with Crippen LogP contribution in [-0.4, -0.2) is 24.5 Å². The summed E-state index contributed by atoms with van der Waals surface area (Å²) in [5.74, 6) is 0. The van der Waals surface area contributed by atoms with Crippen molar-refractivity contribution in [2.45, 2.75) is 52.5 Å². The van der Waals surface area contributed by atoms with E-state index in [0.717, 1.165) is 13.1 Å². The maximum Gasteiger partial charge on any atom is 0.0372 e. The summed E-state index contributed by atoms with van der Waals surface area (Å²) in [6.07, 6.45) is 6.55. The van der Waals surface area contributed by atoms with Crippen molar-refractivity contribution in [1.29, 1.82) is 0 Å². The van der Waals surface area contributed by atoms with Crippen LogP contribution in [0.15, 0.2) is 18.2 Å². The summed E-state index contributed by atoms with van der Waals surface area (Å²) in [7, 11) is 0. The number of rotatable bonds is 3. The van der Waals surface area contributed by atoms with E-state index in [0.29, 0.717) is 5.41 Å². The van der Waals surface area contributed by atoms with Gasteiger partial charge in [0, 0.05) is 18.8 Å². The third kappa shape index (κ3) is 3.01. The normalized spacial score (nSPS) is 22.1. The van der Waals surface area contributed by atoms with Gasteiger partial charge in [-0.05, 0) is 61.4 Å². The van der Waals surface area contributed by atoms with Crippen molar-refractivity contribution >= 4 is 5.69 Å². The van der Waals surface area contributed by atoms with Crippen LogP contribution in [0.4, 0.5) is 5.69 Å². The van der Waals surface area contributed by atoms with Crippen LogP contribution in [-0.2, 0) is 13.0 Å². The van der Waals surface area contributed by atoms with Gasteiger partial charge in [-0.1, -0.05) is 32.4 Å². The van der Waals surface area contributed by atoms with Gasteiger partial charge in [-0.3, -0.25) is 4.90 Å². The van der Waals surface area contributed by atoms with Crippen LogP contribution in [0.3, 0.4) is 0 Å². The summed E-state index contributed by atoms with van der Waals surface area (Å²) in [5, 5.41) is 3.50. The minimum Gasteiger partial charge on any atom is -0.385 e. The highest BCUT2D eigenvalue weighted by Crippen LogP contribution is 2.34. The Labute approximate surface area is 123 Å². The molecule has 1 fully saturated rings. The fraction of sp³-hybridized carbons (Fsp3) is 0.667. The molecule has 1 aromatic carbocycles. The molecule has 0 aromatic heterocycles. The van der Waals surface area contributed by atoms with Gasteiger partial charge in [-0.25, -0.2) is 0 Å². The Morgan fingerprint density at radius 2 is 2.05 bits per heavy atom. The molecule has 0 unspecified atom stereocenters. The number of nitrogens with one attached hydrogen (secondary N) is 1. The monoisotopic (exact) mass is 272 g/mol. The third-order valence-electron chi connectivity index (χ3n) is 5.43. The molecular weight excluding hydrogens is 244 g/mol. The highest BCUT2D eigenvalue weighted by Gasteiger charge is 2.28. The van der Waals surface area contributed by atoms with Gasteiger partial charge in [-0.2, -0.15) is 0 Å². The number of hydrogen-bond donors (Lipinski definition) is 1. The first-order valence-electron chi connectivity index (χ1n) is 8.27. The van der Waals surface area contributed by atoms with Gasteiger partial charge in [-0.15, -0.1) is 0 Å². The number of likely N-dealkylation sites (tertiary alicyclic amines) is 1. The zero-order valence-corrected chi connectivity index (χ0v) is 13.0. The molecule has 2 nitrogen and oxygen atoms in total. The van der Waals surface area contributed by atoms with Crippen LogP contribution in [0.2, 0.25) is 0 Å². The molecule has 1 saturated heterocycles. The maximum absolute atomic E-state index is 3.50. The number of piperidine rings is 1. The molecule has 2 heteroatoms. The molecule has 0 spiro atoms. The van der Waals surface area contributed by atoms with E-state index in [9.17, 15) is 0 Å². The number of nitrogens with zero attached hydrogens (tertiary/aromatic N) is 1. The fourth-order valence-corrected chi connectivity index (χ4v) is 3.49. The molecular formula is C18H28N2. The molecule has 2 aliphatic rings. The van der Waals surface area contributed by atoms with E-state index in [2.05, 4.69) is 42.3 Å². The summed E-state index contributed by atoms with van der Waals surface area (Å²) >= 11 is 0. The smallest absolute Gasteiger partial charge is 0.0372 e. The highest BCUT2D eigenvalue weighted by atomic mass is 15.1. The molecule has 2 aliphatic heterocycles. The number of fused-ring (bicyclic) bond motifs is 1. The van der Waals surface area contributed by atoms with Gasteiger partial charge in [0.15, 0.2) is 0 Å². The van der Waals surface area contributed by atoms with Crippen LogP contribution in [0.25, 0.3) is 0 Å². The average Bonchev–Trinajstić information content (AvgIpc) is 2.50. The van der Waals surface area contributed by atoms with E-state index < -0.39 is 0 Å². The van der Waals surface area contributed by atoms with Gasteiger partial charge < -0.3 is 5.32 Å². The average molecular weight is 272 g/mol. The van der Waals surface area contributed by atoms with E-state index in [1.54, 1.807) is 0 Å². The first-order chi connectivity index (χ1) is 9.68. The zero-order valence-electron chi connectivity index (χ0n) is 13.0. The van der Waals surface area contributed by atoms with Gasteiger partial charge in [0.05, 0.1) is 0 Å². The number of aryl methyl sites for hydroxylation is 1. The topological polar surface area (TPSA) is 15.3 Å². The Kier molecular flexibility index (Phi) is 4.02. The van der Waals surface area contributed by atoms with Crippen molar-refractivity contribution in [3.8, 4) is 0 Å². The Morgan fingerprint density at radius 1 is 1.25 bits per heavy atom. The molecule has 20 heavy (non-hydrogen) atoms. The van der Waals surface area contributed by atoms with Crippen molar-refractivity contribution in [2.75, 3.05) is 25.0 Å². The number of benzene rings is 1. The SMILES string of the molecule is CCC1(C)CCN(Cc2ccc3c(c2)CCCN3)CC1. The van der Waals surface area contributed by atoms with E-state index in [4.69, 9.17) is 0 Å². The molecule has 1 N–H and O–H groups in total. The lowest BCUT2D eigenvalue weighted by atomic mass is 9.78. The fourth-order valence-electron chi connectivity index (χ4n) is 3.49. The first-order valence-corrected chi connectivity index (χ1v) is 8.27. The molecule has 0 saturated carbocycles. The molecule has 2 heterocycles. The predicted octanol–water partition coefficient (Wildman–Crippen LogP) is 4.06. The van der Waals surface area contributed by atoms with Gasteiger partial charge in [0.25, 0.3) is 0 Å². The van der Waals surface area contributed by atoms with Crippen LogP contribution in [0.1, 0.15) is 50.7 Å². The second kappa shape index (κ2) is 5.77. The van der Waals surface area contributed by atoms with Gasteiger partial charge >= 0.3 is 0 Å².